The number of carbonyl (C=O) groups excluding carboxylic acids is 1. The number of nitrogens with zero attached hydrogens (tertiary/aromatic N) is 1. The molecule has 4 nitrogen and oxygen atoms in total. The average Bonchev–Trinajstić information content (AvgIpc) is 3.12. The van der Waals surface area contributed by atoms with E-state index in [0.29, 0.717) is 33.7 Å². The molecule has 0 radical (unpaired) electrons. The number of halogens is 2. The Hall–Kier alpha value is -2.21. The second kappa shape index (κ2) is 9.82. The van der Waals surface area contributed by atoms with Crippen LogP contribution in [0.25, 0.3) is 11.3 Å². The number of nitrogens with one attached hydrogen (secondary N) is 1. The van der Waals surface area contributed by atoms with Crippen molar-refractivity contribution in [3.8, 4) is 11.3 Å². The van der Waals surface area contributed by atoms with Crippen molar-refractivity contribution in [2.24, 2.45) is 5.10 Å². The molecule has 3 aromatic rings. The number of hydrogen-bond acceptors (Lipinski definition) is 4. The smallest absolute Gasteiger partial charge is 0.240 e. The fourth-order valence-corrected chi connectivity index (χ4v) is 3.73. The maximum Gasteiger partial charge on any atom is 0.240 e. The first-order chi connectivity index (χ1) is 13.5. The lowest BCUT2D eigenvalue weighted by atomic mass is 10.2. The molecule has 0 fully saturated rings. The van der Waals surface area contributed by atoms with Gasteiger partial charge in [-0.2, -0.15) is 5.10 Å². The Bertz CT molecular complexity index is 984. The second-order valence-corrected chi connectivity index (χ2v) is 8.04. The molecular weight excluding hydrogens is 415 g/mol. The SMILES string of the molecule is Cc1ccc(SCCC(=O)N/N=C\c2ccc(-c3ccc(Cl)cc3Cl)o2)cc1. The molecule has 0 spiro atoms. The van der Waals surface area contributed by atoms with Crippen LogP contribution in [0.2, 0.25) is 10.0 Å². The molecule has 0 saturated heterocycles. The Kier molecular flexibility index (Phi) is 7.20. The molecule has 0 saturated carbocycles. The minimum absolute atomic E-state index is 0.150. The van der Waals surface area contributed by atoms with Crippen LogP contribution in [-0.2, 0) is 4.79 Å². The highest BCUT2D eigenvalue weighted by Gasteiger charge is 2.08. The number of aryl methyl sites for hydroxylation is 1. The maximum atomic E-state index is 11.9. The zero-order valence-electron chi connectivity index (χ0n) is 15.1. The van der Waals surface area contributed by atoms with Crippen LogP contribution < -0.4 is 5.43 Å². The van der Waals surface area contributed by atoms with Crippen molar-refractivity contribution in [3.63, 3.8) is 0 Å². The molecule has 0 aliphatic rings. The van der Waals surface area contributed by atoms with Gasteiger partial charge in [-0.15, -0.1) is 11.8 Å². The molecule has 144 valence electrons. The zero-order valence-corrected chi connectivity index (χ0v) is 17.4. The average molecular weight is 433 g/mol. The van der Waals surface area contributed by atoms with Gasteiger partial charge in [0.2, 0.25) is 5.91 Å². The summed E-state index contributed by atoms with van der Waals surface area (Å²) in [6, 6.07) is 17.0. The molecule has 1 N–H and O–H groups in total. The number of thioether (sulfide) groups is 1. The molecule has 3 rings (SSSR count). The van der Waals surface area contributed by atoms with Gasteiger partial charge in [0.15, 0.2) is 0 Å². The van der Waals surface area contributed by atoms with E-state index in [1.165, 1.54) is 11.8 Å². The molecule has 1 amide bonds. The summed E-state index contributed by atoms with van der Waals surface area (Å²) in [4.78, 5) is 13.0. The Balaban J connectivity index is 1.47. The van der Waals surface area contributed by atoms with E-state index in [-0.39, 0.29) is 5.91 Å². The van der Waals surface area contributed by atoms with Gasteiger partial charge < -0.3 is 4.42 Å². The molecule has 0 atom stereocenters. The minimum atomic E-state index is -0.150. The first-order valence-electron chi connectivity index (χ1n) is 8.58. The second-order valence-electron chi connectivity index (χ2n) is 6.03. The molecule has 28 heavy (non-hydrogen) atoms. The summed E-state index contributed by atoms with van der Waals surface area (Å²) in [6.07, 6.45) is 1.83. The van der Waals surface area contributed by atoms with Crippen LogP contribution in [-0.4, -0.2) is 17.9 Å². The maximum absolute atomic E-state index is 11.9. The van der Waals surface area contributed by atoms with Crippen LogP contribution in [0, 0.1) is 6.92 Å². The Morgan fingerprint density at radius 2 is 1.93 bits per heavy atom. The third kappa shape index (κ3) is 5.89. The van der Waals surface area contributed by atoms with Crippen LogP contribution in [0.4, 0.5) is 0 Å². The largest absolute Gasteiger partial charge is 0.455 e. The van der Waals surface area contributed by atoms with Crippen molar-refractivity contribution >= 4 is 47.1 Å². The molecule has 0 unspecified atom stereocenters. The van der Waals surface area contributed by atoms with Gasteiger partial charge in [-0.3, -0.25) is 4.79 Å². The molecule has 7 heteroatoms. The summed E-state index contributed by atoms with van der Waals surface area (Å²) in [6.45, 7) is 2.05. The van der Waals surface area contributed by atoms with E-state index in [1.54, 1.807) is 42.1 Å². The van der Waals surface area contributed by atoms with Gasteiger partial charge in [-0.25, -0.2) is 5.43 Å². The van der Waals surface area contributed by atoms with Crippen LogP contribution in [0.15, 0.2) is 69.0 Å². The number of rotatable bonds is 7. The number of furan rings is 1. The molecule has 2 aromatic carbocycles. The predicted octanol–water partition coefficient (Wildman–Crippen LogP) is 6.19. The van der Waals surface area contributed by atoms with Gasteiger partial charge in [0.05, 0.1) is 11.2 Å². The number of benzene rings is 2. The summed E-state index contributed by atoms with van der Waals surface area (Å²) in [5, 5.41) is 5.01. The zero-order chi connectivity index (χ0) is 19.9. The summed E-state index contributed by atoms with van der Waals surface area (Å²) < 4.78 is 5.69. The van der Waals surface area contributed by atoms with Gasteiger partial charge in [0, 0.05) is 27.7 Å². The van der Waals surface area contributed by atoms with E-state index >= 15 is 0 Å². The standard InChI is InChI=1S/C21H18Cl2N2O2S/c1-14-2-6-17(7-3-14)28-11-10-21(26)25-24-13-16-5-9-20(27-16)18-8-4-15(22)12-19(18)23/h2-9,12-13H,10-11H2,1H3,(H,25,26)/b24-13-. The van der Waals surface area contributed by atoms with Gasteiger partial charge in [-0.1, -0.05) is 40.9 Å². The Labute approximate surface area is 177 Å². The fourth-order valence-electron chi connectivity index (χ4n) is 2.38. The van der Waals surface area contributed by atoms with E-state index in [2.05, 4.69) is 34.8 Å². The Morgan fingerprint density at radius 1 is 1.14 bits per heavy atom. The van der Waals surface area contributed by atoms with E-state index in [1.807, 2.05) is 6.92 Å². The van der Waals surface area contributed by atoms with Crippen LogP contribution in [0.3, 0.4) is 0 Å². The quantitative estimate of drug-likeness (QED) is 0.274. The first-order valence-corrected chi connectivity index (χ1v) is 10.3. The molecule has 0 bridgehead atoms. The predicted molar refractivity (Wildman–Crippen MR) is 116 cm³/mol. The summed E-state index contributed by atoms with van der Waals surface area (Å²) in [5.74, 6) is 1.65. The number of hydrazone groups is 1. The summed E-state index contributed by atoms with van der Waals surface area (Å²) in [5.41, 5.74) is 4.47. The van der Waals surface area contributed by atoms with Crippen molar-refractivity contribution in [2.75, 3.05) is 5.75 Å². The fraction of sp³-hybridized carbons (Fsp3) is 0.143. The normalized spacial score (nSPS) is 11.1. The van der Waals surface area contributed by atoms with Gasteiger partial charge in [0.25, 0.3) is 0 Å². The van der Waals surface area contributed by atoms with Crippen LogP contribution >= 0.6 is 35.0 Å². The van der Waals surface area contributed by atoms with E-state index < -0.39 is 0 Å². The topological polar surface area (TPSA) is 54.6 Å². The molecule has 0 aliphatic carbocycles. The van der Waals surface area contributed by atoms with Gasteiger partial charge in [-0.05, 0) is 49.4 Å². The van der Waals surface area contributed by atoms with Crippen LogP contribution in [0.1, 0.15) is 17.7 Å². The van der Waals surface area contributed by atoms with Crippen molar-refractivity contribution < 1.29 is 9.21 Å². The Morgan fingerprint density at radius 3 is 2.68 bits per heavy atom. The van der Waals surface area contributed by atoms with Crippen molar-refractivity contribution in [3.05, 3.63) is 76.0 Å². The molecule has 0 aliphatic heterocycles. The van der Waals surface area contributed by atoms with Crippen molar-refractivity contribution in [2.45, 2.75) is 18.2 Å². The minimum Gasteiger partial charge on any atom is -0.455 e. The number of amides is 1. The molecule has 1 aromatic heterocycles. The highest BCUT2D eigenvalue weighted by molar-refractivity contribution is 7.99. The van der Waals surface area contributed by atoms with E-state index in [9.17, 15) is 4.79 Å². The lowest BCUT2D eigenvalue weighted by Crippen LogP contribution is -2.17. The van der Waals surface area contributed by atoms with Gasteiger partial charge in [0.1, 0.15) is 11.5 Å². The summed E-state index contributed by atoms with van der Waals surface area (Å²) in [7, 11) is 0. The number of hydrogen-bond donors (Lipinski definition) is 1. The monoisotopic (exact) mass is 432 g/mol. The first kappa shape index (κ1) is 20.5. The van der Waals surface area contributed by atoms with Crippen molar-refractivity contribution in [1.82, 2.24) is 5.43 Å². The molecular formula is C21H18Cl2N2O2S. The third-order valence-electron chi connectivity index (χ3n) is 3.82. The highest BCUT2D eigenvalue weighted by Crippen LogP contribution is 2.31. The van der Waals surface area contributed by atoms with E-state index in [4.69, 9.17) is 27.6 Å². The third-order valence-corrected chi connectivity index (χ3v) is 5.38. The lowest BCUT2D eigenvalue weighted by Gasteiger charge is -2.02. The number of carbonyl (C=O) groups is 1. The highest BCUT2D eigenvalue weighted by atomic mass is 35.5. The summed E-state index contributed by atoms with van der Waals surface area (Å²) >= 11 is 13.7. The van der Waals surface area contributed by atoms with E-state index in [0.717, 1.165) is 10.5 Å². The van der Waals surface area contributed by atoms with Crippen molar-refractivity contribution in [1.29, 1.82) is 0 Å². The molecule has 1 heterocycles. The van der Waals surface area contributed by atoms with Gasteiger partial charge >= 0.3 is 0 Å². The lowest BCUT2D eigenvalue weighted by molar-refractivity contribution is -0.120. The van der Waals surface area contributed by atoms with Crippen LogP contribution in [0.5, 0.6) is 0 Å².